The Kier molecular flexibility index (Phi) is 4.34. The molecule has 1 heterocycles. The molecular weight excluding hydrogens is 312 g/mol. The fraction of sp³-hybridized carbons (Fsp3) is 0.400. The minimum atomic E-state index is -3.68. The Bertz CT molecular complexity index is 600. The summed E-state index contributed by atoms with van der Waals surface area (Å²) in [6, 6.07) is 3.55. The lowest BCUT2D eigenvalue weighted by Crippen LogP contribution is -2.37. The van der Waals surface area contributed by atoms with Crippen LogP contribution < -0.4 is 0 Å². The Balaban J connectivity index is 2.40. The highest BCUT2D eigenvalue weighted by atomic mass is 35.5. The molecule has 0 unspecified atom stereocenters. The van der Waals surface area contributed by atoms with Gasteiger partial charge in [-0.2, -0.15) is 16.1 Å². The van der Waals surface area contributed by atoms with Crippen molar-refractivity contribution in [2.75, 3.05) is 24.6 Å². The zero-order valence-corrected chi connectivity index (χ0v) is 12.2. The van der Waals surface area contributed by atoms with Crippen LogP contribution in [0.4, 0.5) is 5.69 Å². The van der Waals surface area contributed by atoms with Crippen LogP contribution in [0, 0.1) is 10.1 Å². The molecule has 0 N–H and O–H groups in total. The van der Waals surface area contributed by atoms with Crippen LogP contribution >= 0.6 is 23.4 Å². The largest absolute Gasteiger partial charge is 0.289 e. The number of sulfonamides is 1. The smallest absolute Gasteiger partial charge is 0.258 e. The molecule has 1 aliphatic heterocycles. The number of nitrogens with zero attached hydrogens (tertiary/aromatic N) is 2. The van der Waals surface area contributed by atoms with Gasteiger partial charge >= 0.3 is 0 Å². The molecule has 0 aromatic heterocycles. The number of rotatable bonds is 3. The molecule has 0 aliphatic carbocycles. The second kappa shape index (κ2) is 5.66. The number of thioether (sulfide) groups is 1. The van der Waals surface area contributed by atoms with Gasteiger partial charge in [-0.25, -0.2) is 8.42 Å². The third kappa shape index (κ3) is 3.02. The standard InChI is InChI=1S/C10H11ClN2O4S2/c11-9-2-1-8(7-10(9)13(14)15)19(16,17)12-3-5-18-6-4-12/h1-2,7H,3-6H2. The average Bonchev–Trinajstić information content (AvgIpc) is 2.39. The van der Waals surface area contributed by atoms with E-state index in [1.54, 1.807) is 11.8 Å². The minimum absolute atomic E-state index is 0.0712. The summed E-state index contributed by atoms with van der Waals surface area (Å²) in [5, 5.41) is 10.7. The SMILES string of the molecule is O=[N+]([O-])c1cc(S(=O)(=O)N2CCSCC2)ccc1Cl. The van der Waals surface area contributed by atoms with E-state index in [-0.39, 0.29) is 9.92 Å². The van der Waals surface area contributed by atoms with Gasteiger partial charge in [-0.1, -0.05) is 11.6 Å². The van der Waals surface area contributed by atoms with Gasteiger partial charge in [0.2, 0.25) is 10.0 Å². The third-order valence-corrected chi connectivity index (χ3v) is 5.88. The predicted octanol–water partition coefficient (Wildman–Crippen LogP) is 1.99. The first-order chi connectivity index (χ1) is 8.93. The number of hydrogen-bond donors (Lipinski definition) is 0. The normalized spacial score (nSPS) is 17.3. The molecule has 0 amide bonds. The minimum Gasteiger partial charge on any atom is -0.258 e. The Morgan fingerprint density at radius 3 is 2.53 bits per heavy atom. The van der Waals surface area contributed by atoms with Crippen molar-refractivity contribution >= 4 is 39.1 Å². The maximum Gasteiger partial charge on any atom is 0.289 e. The van der Waals surface area contributed by atoms with E-state index in [0.717, 1.165) is 17.6 Å². The molecule has 1 aliphatic rings. The van der Waals surface area contributed by atoms with Crippen molar-refractivity contribution in [3.05, 3.63) is 33.3 Å². The van der Waals surface area contributed by atoms with Gasteiger partial charge in [0.1, 0.15) is 5.02 Å². The first-order valence-electron chi connectivity index (χ1n) is 5.45. The molecule has 1 saturated heterocycles. The molecule has 1 fully saturated rings. The Labute approximate surface area is 119 Å². The van der Waals surface area contributed by atoms with Gasteiger partial charge < -0.3 is 0 Å². The highest BCUT2D eigenvalue weighted by Crippen LogP contribution is 2.29. The van der Waals surface area contributed by atoms with E-state index >= 15 is 0 Å². The summed E-state index contributed by atoms with van der Waals surface area (Å²) in [6.45, 7) is 0.840. The van der Waals surface area contributed by atoms with Crippen molar-refractivity contribution in [1.29, 1.82) is 0 Å². The first kappa shape index (κ1) is 14.6. The van der Waals surface area contributed by atoms with Gasteiger partial charge in [-0.05, 0) is 12.1 Å². The van der Waals surface area contributed by atoms with Crippen LogP contribution in [0.1, 0.15) is 0 Å². The molecule has 0 bridgehead atoms. The molecule has 19 heavy (non-hydrogen) atoms. The van der Waals surface area contributed by atoms with E-state index in [9.17, 15) is 18.5 Å². The van der Waals surface area contributed by atoms with Crippen LogP contribution in [0.3, 0.4) is 0 Å². The Morgan fingerprint density at radius 1 is 1.32 bits per heavy atom. The lowest BCUT2D eigenvalue weighted by Gasteiger charge is -2.25. The lowest BCUT2D eigenvalue weighted by atomic mass is 10.3. The molecule has 1 aromatic rings. The van der Waals surface area contributed by atoms with Gasteiger partial charge in [-0.15, -0.1) is 0 Å². The van der Waals surface area contributed by atoms with Gasteiger partial charge in [-0.3, -0.25) is 10.1 Å². The van der Waals surface area contributed by atoms with Crippen LogP contribution in [0.2, 0.25) is 5.02 Å². The number of halogens is 1. The fourth-order valence-corrected chi connectivity index (χ4v) is 4.51. The van der Waals surface area contributed by atoms with Crippen molar-refractivity contribution < 1.29 is 13.3 Å². The summed E-state index contributed by atoms with van der Waals surface area (Å²) in [6.07, 6.45) is 0. The quantitative estimate of drug-likeness (QED) is 0.628. The number of hydrogen-bond acceptors (Lipinski definition) is 5. The molecule has 9 heteroatoms. The van der Waals surface area contributed by atoms with E-state index in [2.05, 4.69) is 0 Å². The van der Waals surface area contributed by atoms with Crippen LogP contribution in [0.25, 0.3) is 0 Å². The molecule has 0 radical (unpaired) electrons. The van der Waals surface area contributed by atoms with Crippen molar-refractivity contribution in [1.82, 2.24) is 4.31 Å². The summed E-state index contributed by atoms with van der Waals surface area (Å²) >= 11 is 7.36. The summed E-state index contributed by atoms with van der Waals surface area (Å²) < 4.78 is 26.0. The molecule has 0 atom stereocenters. The van der Waals surface area contributed by atoms with E-state index < -0.39 is 20.6 Å². The number of nitro groups is 1. The molecule has 1 aromatic carbocycles. The molecule has 104 valence electrons. The monoisotopic (exact) mass is 322 g/mol. The second-order valence-corrected chi connectivity index (χ2v) is 7.46. The fourth-order valence-electron chi connectivity index (χ4n) is 1.73. The summed E-state index contributed by atoms with van der Waals surface area (Å²) in [7, 11) is -3.68. The lowest BCUT2D eigenvalue weighted by molar-refractivity contribution is -0.384. The number of benzene rings is 1. The zero-order chi connectivity index (χ0) is 14.0. The maximum absolute atomic E-state index is 12.3. The van der Waals surface area contributed by atoms with Crippen molar-refractivity contribution in [3.8, 4) is 0 Å². The van der Waals surface area contributed by atoms with Gasteiger partial charge in [0.15, 0.2) is 0 Å². The topological polar surface area (TPSA) is 80.5 Å². The first-order valence-corrected chi connectivity index (χ1v) is 8.42. The Morgan fingerprint density at radius 2 is 1.95 bits per heavy atom. The van der Waals surface area contributed by atoms with E-state index in [1.807, 2.05) is 0 Å². The third-order valence-electron chi connectivity index (χ3n) is 2.72. The van der Waals surface area contributed by atoms with Crippen LogP contribution in [-0.2, 0) is 10.0 Å². The van der Waals surface area contributed by atoms with Crippen molar-refractivity contribution in [2.45, 2.75) is 4.90 Å². The highest BCUT2D eigenvalue weighted by molar-refractivity contribution is 7.99. The van der Waals surface area contributed by atoms with Crippen molar-refractivity contribution in [2.24, 2.45) is 0 Å². The molecule has 6 nitrogen and oxygen atoms in total. The van der Waals surface area contributed by atoms with E-state index in [0.29, 0.717) is 13.1 Å². The van der Waals surface area contributed by atoms with Gasteiger partial charge in [0.05, 0.1) is 9.82 Å². The highest BCUT2D eigenvalue weighted by Gasteiger charge is 2.28. The maximum atomic E-state index is 12.3. The molecule has 0 spiro atoms. The zero-order valence-electron chi connectivity index (χ0n) is 9.78. The van der Waals surface area contributed by atoms with Crippen LogP contribution in [0.15, 0.2) is 23.1 Å². The van der Waals surface area contributed by atoms with Gasteiger partial charge in [0.25, 0.3) is 5.69 Å². The van der Waals surface area contributed by atoms with Gasteiger partial charge in [0, 0.05) is 30.7 Å². The van der Waals surface area contributed by atoms with Crippen molar-refractivity contribution in [3.63, 3.8) is 0 Å². The van der Waals surface area contributed by atoms with Crippen LogP contribution in [-0.4, -0.2) is 42.2 Å². The molecule has 0 saturated carbocycles. The number of nitro benzene ring substituents is 1. The molecular formula is C10H11ClN2O4S2. The predicted molar refractivity (Wildman–Crippen MR) is 74.2 cm³/mol. The molecule has 2 rings (SSSR count). The summed E-state index contributed by atoms with van der Waals surface area (Å²) in [5.41, 5.74) is -0.394. The Hall–Kier alpha value is -0.830. The van der Waals surface area contributed by atoms with Crippen LogP contribution in [0.5, 0.6) is 0 Å². The van der Waals surface area contributed by atoms with E-state index in [4.69, 9.17) is 11.6 Å². The summed E-state index contributed by atoms with van der Waals surface area (Å²) in [4.78, 5) is 10.0. The summed E-state index contributed by atoms with van der Waals surface area (Å²) in [5.74, 6) is 1.46. The average molecular weight is 323 g/mol. The second-order valence-electron chi connectivity index (χ2n) is 3.89. The van der Waals surface area contributed by atoms with E-state index in [1.165, 1.54) is 16.4 Å².